The van der Waals surface area contributed by atoms with Crippen LogP contribution in [0.5, 0.6) is 0 Å². The van der Waals surface area contributed by atoms with E-state index in [1.54, 1.807) is 0 Å². The second-order valence-corrected chi connectivity index (χ2v) is 44.4. The summed E-state index contributed by atoms with van der Waals surface area (Å²) in [6.07, 6.45) is 39.3. The van der Waals surface area contributed by atoms with Crippen LogP contribution in [0.2, 0.25) is 0 Å². The van der Waals surface area contributed by atoms with Crippen molar-refractivity contribution in [3.05, 3.63) is 322 Å². The number of fused-ring (bicyclic) bond motifs is 14. The second kappa shape index (κ2) is 41.6. The first kappa shape index (κ1) is 91.8. The number of para-hydroxylation sites is 2. The predicted molar refractivity (Wildman–Crippen MR) is 591 cm³/mol. The van der Waals surface area contributed by atoms with E-state index in [0.29, 0.717) is 0 Å². The Balaban J connectivity index is 0.721. The fourth-order valence-electron chi connectivity index (χ4n) is 23.0. The lowest BCUT2D eigenvalue weighted by atomic mass is 9.65. The van der Waals surface area contributed by atoms with Gasteiger partial charge in [-0.25, -0.2) is 0 Å². The lowest BCUT2D eigenvalue weighted by Gasteiger charge is -2.36. The minimum absolute atomic E-state index is 0.727. The molecule has 2 aliphatic carbocycles. The predicted octanol–water partition coefficient (Wildman–Crippen LogP) is 38.1. The van der Waals surface area contributed by atoms with Crippen molar-refractivity contribution < 1.29 is 0 Å². The normalized spacial score (nSPS) is 13.2. The molecule has 21 rings (SSSR count). The SMILES string of the molecule is CCCCCCCCn1c2ccccc2c2cc(-c3ccc(-c4ccc(-c5cc6c(s5)-c5cc7c(cc5C6(c5ccc(CCCCCC)cc5)c5ccc(CCCCCC)cc5)-c5sc(-c6ccc(-c8ccc(-c9ccc%10c(c9)c9ccccc9n%10CCCCCCCC)s8)c8nsnc68)cc5C7(c5ccc(CCCCCC)cc5)c5ccc(CCCCCC)cc5)c5nsnc45)s3)ccc21. The smallest absolute Gasteiger partial charge is 0.114 e. The van der Waals surface area contributed by atoms with E-state index in [4.69, 9.17) is 17.5 Å². The van der Waals surface area contributed by atoms with E-state index in [2.05, 4.69) is 305 Å². The van der Waals surface area contributed by atoms with Gasteiger partial charge in [-0.3, -0.25) is 0 Å². The summed E-state index contributed by atoms with van der Waals surface area (Å²) in [4.78, 5) is 9.98. The van der Waals surface area contributed by atoms with E-state index in [0.717, 1.165) is 83.1 Å². The number of benzene rings is 11. The Morgan fingerprint density at radius 3 is 0.860 bits per heavy atom. The standard InChI is InChI=1S/C124H128N6S6/c1-7-13-19-25-27-37-75-129-107-45-35-33-43-93(107)99-77-87(55-69-109(99)129)111-71-73-113(131-111)95-65-67-97(119-117(95)125-135-127-119)115-81-105-121(133-115)101-79-104-102(80-103(101)123(105,89-57-47-83(48-58-89)39-29-21-15-9-3)90-59-49-84(50-60-90)40-30-22-16-10-4)122-106(124(104,91-61-51-85(52-62-91)41-31-23-17-11-5)92-63-53-86(54-64-92)42-32-24-18-12-6)82-116(134-122)98-68-66-96(118-120(98)128-136-126-118)114-74-72-112(132-114)88-56-70-110-100(78-88)94-44-34-36-46-108(94)130(110)76-38-28-26-20-14-8-2/h33-36,43-74,77-82H,7-32,37-42,75-76H2,1-6H3. The third-order valence-electron chi connectivity index (χ3n) is 30.2. The van der Waals surface area contributed by atoms with E-state index in [1.165, 1.54) is 375 Å². The molecule has 0 spiro atoms. The molecule has 136 heavy (non-hydrogen) atoms. The van der Waals surface area contributed by atoms with Crippen molar-refractivity contribution >= 4 is 134 Å². The van der Waals surface area contributed by atoms with Crippen LogP contribution in [-0.4, -0.2) is 26.6 Å². The zero-order valence-electron chi connectivity index (χ0n) is 80.4. The van der Waals surface area contributed by atoms with Crippen LogP contribution in [-0.2, 0) is 49.6 Å². The Morgan fingerprint density at radius 1 is 0.228 bits per heavy atom. The molecule has 0 saturated carbocycles. The Labute approximate surface area is 830 Å². The molecule has 0 aliphatic heterocycles. The van der Waals surface area contributed by atoms with Gasteiger partial charge >= 0.3 is 0 Å². The summed E-state index contributed by atoms with van der Waals surface area (Å²) >= 11 is 10.3. The number of aromatic nitrogens is 6. The third kappa shape index (κ3) is 17.5. The molecular weight excluding hydrogens is 1770 g/mol. The number of hydrogen-bond donors (Lipinski definition) is 0. The summed E-state index contributed by atoms with van der Waals surface area (Å²) in [5.74, 6) is 0. The van der Waals surface area contributed by atoms with Crippen LogP contribution in [0.4, 0.5) is 0 Å². The van der Waals surface area contributed by atoms with Crippen LogP contribution in [0.15, 0.2) is 255 Å². The fourth-order valence-corrected chi connectivity index (χ4v) is 28.7. The summed E-state index contributed by atoms with van der Waals surface area (Å²) in [6, 6.07) is 102. The van der Waals surface area contributed by atoms with Crippen molar-refractivity contribution in [3.63, 3.8) is 0 Å². The third-order valence-corrected chi connectivity index (χ3v) is 36.0. The van der Waals surface area contributed by atoms with Gasteiger partial charge in [-0.05, 0) is 238 Å². The van der Waals surface area contributed by atoms with Gasteiger partial charge in [-0.1, -0.05) is 353 Å². The average molecular weight is 1890 g/mol. The largest absolute Gasteiger partial charge is 0.340 e. The molecule has 0 fully saturated rings. The van der Waals surface area contributed by atoms with Crippen LogP contribution >= 0.6 is 68.8 Å². The molecule has 12 heteroatoms. The zero-order chi connectivity index (χ0) is 92.1. The number of thiophene rings is 4. The van der Waals surface area contributed by atoms with Crippen LogP contribution in [0.25, 0.3) is 149 Å². The summed E-state index contributed by atoms with van der Waals surface area (Å²) in [5, 5.41) is 5.32. The fraction of sp³-hybridized carbons (Fsp3) is 0.339. The van der Waals surface area contributed by atoms with Crippen molar-refractivity contribution in [2.24, 2.45) is 0 Å². The Kier molecular flexibility index (Phi) is 28.1. The first-order valence-electron chi connectivity index (χ1n) is 51.8. The Hall–Kier alpha value is -10.5. The van der Waals surface area contributed by atoms with Gasteiger partial charge in [-0.15, -0.1) is 45.3 Å². The second-order valence-electron chi connectivity index (χ2n) is 39.1. The molecule has 0 bridgehead atoms. The highest BCUT2D eigenvalue weighted by Gasteiger charge is 2.53. The molecule has 8 aromatic heterocycles. The van der Waals surface area contributed by atoms with Gasteiger partial charge in [0, 0.05) is 118 Å². The van der Waals surface area contributed by atoms with Crippen LogP contribution in [0.3, 0.4) is 0 Å². The zero-order valence-corrected chi connectivity index (χ0v) is 85.3. The van der Waals surface area contributed by atoms with Crippen molar-refractivity contribution in [2.75, 3.05) is 0 Å². The van der Waals surface area contributed by atoms with Crippen LogP contribution in [0.1, 0.15) is 288 Å². The molecule has 19 aromatic rings. The van der Waals surface area contributed by atoms with Gasteiger partial charge < -0.3 is 9.13 Å². The number of rotatable bonds is 44. The molecule has 0 radical (unpaired) electrons. The molecule has 11 aromatic carbocycles. The van der Waals surface area contributed by atoms with Crippen LogP contribution < -0.4 is 0 Å². The number of hydrogen-bond acceptors (Lipinski definition) is 10. The maximum atomic E-state index is 5.37. The monoisotopic (exact) mass is 1890 g/mol. The minimum atomic E-state index is -0.727. The molecule has 0 N–H and O–H groups in total. The minimum Gasteiger partial charge on any atom is -0.340 e. The van der Waals surface area contributed by atoms with Crippen LogP contribution in [0, 0.1) is 0 Å². The quantitative estimate of drug-likeness (QED) is 0.0357. The van der Waals surface area contributed by atoms with Gasteiger partial charge in [0.15, 0.2) is 0 Å². The maximum Gasteiger partial charge on any atom is 0.114 e. The highest BCUT2D eigenvalue weighted by molar-refractivity contribution is 7.20. The molecule has 0 atom stereocenters. The van der Waals surface area contributed by atoms with E-state index in [-0.39, 0.29) is 0 Å². The van der Waals surface area contributed by atoms with Gasteiger partial charge in [0.1, 0.15) is 22.1 Å². The van der Waals surface area contributed by atoms with Gasteiger partial charge in [0.05, 0.1) is 34.3 Å². The van der Waals surface area contributed by atoms with E-state index >= 15 is 0 Å². The number of unbranched alkanes of at least 4 members (excludes halogenated alkanes) is 22. The lowest BCUT2D eigenvalue weighted by molar-refractivity contribution is 0.571. The highest BCUT2D eigenvalue weighted by Crippen LogP contribution is 2.67. The highest BCUT2D eigenvalue weighted by atomic mass is 32.1. The first-order valence-corrected chi connectivity index (χ1v) is 56.5. The van der Waals surface area contributed by atoms with Crippen molar-refractivity contribution in [1.82, 2.24) is 26.6 Å². The van der Waals surface area contributed by atoms with Gasteiger partial charge in [-0.2, -0.15) is 17.5 Å². The number of nitrogens with zero attached hydrogens (tertiary/aromatic N) is 6. The molecule has 2 aliphatic rings. The molecule has 0 amide bonds. The number of aryl methyl sites for hydroxylation is 6. The van der Waals surface area contributed by atoms with E-state index in [9.17, 15) is 0 Å². The van der Waals surface area contributed by atoms with Crippen molar-refractivity contribution in [3.8, 4) is 83.5 Å². The van der Waals surface area contributed by atoms with Crippen molar-refractivity contribution in [2.45, 2.75) is 271 Å². The Morgan fingerprint density at radius 2 is 0.522 bits per heavy atom. The maximum absolute atomic E-state index is 5.37. The van der Waals surface area contributed by atoms with E-state index < -0.39 is 10.8 Å². The summed E-state index contributed by atoms with van der Waals surface area (Å²) in [5.41, 5.74) is 33.5. The molecule has 690 valence electrons. The van der Waals surface area contributed by atoms with Gasteiger partial charge in [0.25, 0.3) is 0 Å². The van der Waals surface area contributed by atoms with Gasteiger partial charge in [0.2, 0.25) is 0 Å². The molecular formula is C124H128N6S6. The first-order chi connectivity index (χ1) is 67.2. The molecule has 6 nitrogen and oxygen atoms in total. The van der Waals surface area contributed by atoms with E-state index in [1.807, 2.05) is 45.3 Å². The summed E-state index contributed by atoms with van der Waals surface area (Å²) < 4.78 is 26.5. The Bertz CT molecular complexity index is 6840. The average Bonchev–Trinajstić information content (AvgIpc) is 1.50. The molecule has 0 unspecified atom stereocenters. The summed E-state index contributed by atoms with van der Waals surface area (Å²) in [7, 11) is 0. The molecule has 0 saturated heterocycles. The molecule has 8 heterocycles. The lowest BCUT2D eigenvalue weighted by Crippen LogP contribution is -2.30. The summed E-state index contributed by atoms with van der Waals surface area (Å²) in [6.45, 7) is 16.0. The topological polar surface area (TPSA) is 61.4 Å². The van der Waals surface area contributed by atoms with Crippen molar-refractivity contribution in [1.29, 1.82) is 0 Å².